The van der Waals surface area contributed by atoms with Gasteiger partial charge in [0.05, 0.1) is 13.2 Å². The predicted octanol–water partition coefficient (Wildman–Crippen LogP) is 2.20. The van der Waals surface area contributed by atoms with E-state index in [9.17, 15) is 0 Å². The van der Waals surface area contributed by atoms with Gasteiger partial charge < -0.3 is 20.1 Å². The van der Waals surface area contributed by atoms with E-state index in [1.54, 1.807) is 20.4 Å². The Hall–Kier alpha value is -1.81. The molecule has 1 aromatic carbocycles. The van der Waals surface area contributed by atoms with Crippen molar-refractivity contribution in [2.45, 2.75) is 20.0 Å². The van der Waals surface area contributed by atoms with Gasteiger partial charge in [0.25, 0.3) is 0 Å². The standard InChI is InChI=1S/C18H27N5O2.HI/c1-15-5-6-16(17(13-15)25-12-11-24-3)14-21-18(19-2)20-8-10-23-9-4-7-22-23;/h4-7,9,13H,8,10-12,14H2,1-3H3,(H2,19,20,21);1H. The van der Waals surface area contributed by atoms with Gasteiger partial charge >= 0.3 is 0 Å². The fourth-order valence-electron chi connectivity index (χ4n) is 2.30. The number of rotatable bonds is 9. The largest absolute Gasteiger partial charge is 0.491 e. The number of hydrogen-bond donors (Lipinski definition) is 2. The number of methoxy groups -OCH3 is 1. The summed E-state index contributed by atoms with van der Waals surface area (Å²) in [6.07, 6.45) is 3.71. The van der Waals surface area contributed by atoms with Gasteiger partial charge in [-0.15, -0.1) is 24.0 Å². The lowest BCUT2D eigenvalue weighted by Crippen LogP contribution is -2.38. The molecule has 0 saturated heterocycles. The summed E-state index contributed by atoms with van der Waals surface area (Å²) in [6, 6.07) is 8.10. The van der Waals surface area contributed by atoms with E-state index in [0.717, 1.165) is 35.9 Å². The zero-order valence-electron chi connectivity index (χ0n) is 15.6. The Kier molecular flexibility index (Phi) is 10.7. The second-order valence-corrected chi connectivity index (χ2v) is 5.57. The molecule has 0 aliphatic carbocycles. The molecular formula is C18H28IN5O2. The molecule has 0 unspecified atom stereocenters. The van der Waals surface area contributed by atoms with Gasteiger partial charge in [0.15, 0.2) is 5.96 Å². The highest BCUT2D eigenvalue weighted by atomic mass is 127. The lowest BCUT2D eigenvalue weighted by atomic mass is 10.1. The fourth-order valence-corrected chi connectivity index (χ4v) is 2.30. The van der Waals surface area contributed by atoms with E-state index < -0.39 is 0 Å². The number of nitrogens with zero attached hydrogens (tertiary/aromatic N) is 3. The quantitative estimate of drug-likeness (QED) is 0.253. The molecule has 144 valence electrons. The molecule has 1 heterocycles. The lowest BCUT2D eigenvalue weighted by Gasteiger charge is -2.15. The topological polar surface area (TPSA) is 72.7 Å². The molecule has 0 amide bonds. The molecule has 2 N–H and O–H groups in total. The van der Waals surface area contributed by atoms with E-state index in [-0.39, 0.29) is 24.0 Å². The van der Waals surface area contributed by atoms with Gasteiger partial charge in [-0.3, -0.25) is 9.67 Å². The maximum Gasteiger partial charge on any atom is 0.191 e. The summed E-state index contributed by atoms with van der Waals surface area (Å²) in [5.41, 5.74) is 2.25. The molecule has 8 heteroatoms. The van der Waals surface area contributed by atoms with E-state index >= 15 is 0 Å². The number of nitrogens with one attached hydrogen (secondary N) is 2. The first-order valence-electron chi connectivity index (χ1n) is 8.36. The molecule has 2 aromatic rings. The van der Waals surface area contributed by atoms with E-state index in [1.807, 2.05) is 23.0 Å². The number of ether oxygens (including phenoxy) is 2. The normalized spacial score (nSPS) is 11.0. The molecule has 0 atom stereocenters. The molecular weight excluding hydrogens is 445 g/mol. The van der Waals surface area contributed by atoms with E-state index in [0.29, 0.717) is 19.8 Å². The second-order valence-electron chi connectivity index (χ2n) is 5.57. The molecule has 0 bridgehead atoms. The van der Waals surface area contributed by atoms with Crippen molar-refractivity contribution in [3.63, 3.8) is 0 Å². The minimum atomic E-state index is 0. The summed E-state index contributed by atoms with van der Waals surface area (Å²) in [6.45, 7) is 5.30. The van der Waals surface area contributed by atoms with Crippen LogP contribution in [0.1, 0.15) is 11.1 Å². The van der Waals surface area contributed by atoms with Crippen LogP contribution in [0, 0.1) is 6.92 Å². The zero-order chi connectivity index (χ0) is 17.9. The molecule has 0 fully saturated rings. The Morgan fingerprint density at radius 1 is 1.27 bits per heavy atom. The molecule has 0 spiro atoms. The molecule has 2 rings (SSSR count). The van der Waals surface area contributed by atoms with Crippen molar-refractivity contribution in [3.05, 3.63) is 47.8 Å². The third-order valence-electron chi connectivity index (χ3n) is 3.63. The predicted molar refractivity (Wildman–Crippen MR) is 114 cm³/mol. The summed E-state index contributed by atoms with van der Waals surface area (Å²) in [5.74, 6) is 1.62. The average molecular weight is 473 g/mol. The van der Waals surface area contributed by atoms with Crippen LogP contribution < -0.4 is 15.4 Å². The maximum atomic E-state index is 5.82. The SMILES string of the molecule is CN=C(NCCn1cccn1)NCc1ccc(C)cc1OCCOC.I. The third kappa shape index (κ3) is 7.61. The average Bonchev–Trinajstić information content (AvgIpc) is 3.13. The van der Waals surface area contributed by atoms with Gasteiger partial charge in [0.2, 0.25) is 0 Å². The number of aryl methyl sites for hydroxylation is 1. The molecule has 0 aliphatic heterocycles. The Morgan fingerprint density at radius 3 is 2.81 bits per heavy atom. The third-order valence-corrected chi connectivity index (χ3v) is 3.63. The van der Waals surface area contributed by atoms with Crippen LogP contribution >= 0.6 is 24.0 Å². The molecule has 0 radical (unpaired) electrons. The minimum absolute atomic E-state index is 0. The summed E-state index contributed by atoms with van der Waals surface area (Å²) in [4.78, 5) is 4.25. The van der Waals surface area contributed by atoms with Crippen molar-refractivity contribution in [2.75, 3.05) is 33.9 Å². The number of aliphatic imine (C=N–C) groups is 1. The van der Waals surface area contributed by atoms with Crippen molar-refractivity contribution in [1.29, 1.82) is 0 Å². The summed E-state index contributed by atoms with van der Waals surface area (Å²) in [7, 11) is 3.43. The van der Waals surface area contributed by atoms with Crippen LogP contribution in [-0.4, -0.2) is 49.7 Å². The molecule has 7 nitrogen and oxygen atoms in total. The zero-order valence-corrected chi connectivity index (χ0v) is 17.9. The first-order chi connectivity index (χ1) is 12.2. The van der Waals surface area contributed by atoms with Gasteiger partial charge in [0.1, 0.15) is 12.4 Å². The number of benzene rings is 1. The summed E-state index contributed by atoms with van der Waals surface area (Å²) >= 11 is 0. The fraction of sp³-hybridized carbons (Fsp3) is 0.444. The van der Waals surface area contributed by atoms with Gasteiger partial charge in [0, 0.05) is 45.2 Å². The molecule has 0 saturated carbocycles. The van der Waals surface area contributed by atoms with Crippen molar-refractivity contribution >= 4 is 29.9 Å². The van der Waals surface area contributed by atoms with Crippen LogP contribution in [0.25, 0.3) is 0 Å². The van der Waals surface area contributed by atoms with Gasteiger partial charge in [-0.1, -0.05) is 12.1 Å². The summed E-state index contributed by atoms with van der Waals surface area (Å²) in [5, 5.41) is 10.8. The van der Waals surface area contributed by atoms with Gasteiger partial charge in [-0.25, -0.2) is 0 Å². The van der Waals surface area contributed by atoms with Crippen LogP contribution in [0.15, 0.2) is 41.7 Å². The maximum absolute atomic E-state index is 5.82. The van der Waals surface area contributed by atoms with E-state index in [1.165, 1.54) is 0 Å². The monoisotopic (exact) mass is 473 g/mol. The highest BCUT2D eigenvalue weighted by molar-refractivity contribution is 14.0. The van der Waals surface area contributed by atoms with Gasteiger partial charge in [-0.2, -0.15) is 5.10 Å². The Bertz CT molecular complexity index is 662. The number of hydrogen-bond acceptors (Lipinski definition) is 4. The van der Waals surface area contributed by atoms with E-state index in [4.69, 9.17) is 9.47 Å². The number of aromatic nitrogens is 2. The van der Waals surface area contributed by atoms with Crippen molar-refractivity contribution < 1.29 is 9.47 Å². The molecule has 26 heavy (non-hydrogen) atoms. The molecule has 1 aromatic heterocycles. The van der Waals surface area contributed by atoms with Crippen molar-refractivity contribution in [2.24, 2.45) is 4.99 Å². The van der Waals surface area contributed by atoms with Crippen molar-refractivity contribution in [1.82, 2.24) is 20.4 Å². The summed E-state index contributed by atoms with van der Waals surface area (Å²) < 4.78 is 12.7. The Balaban J connectivity index is 0.00000338. The number of guanidine groups is 1. The van der Waals surface area contributed by atoms with Crippen LogP contribution in [-0.2, 0) is 17.8 Å². The van der Waals surface area contributed by atoms with Crippen LogP contribution in [0.5, 0.6) is 5.75 Å². The van der Waals surface area contributed by atoms with Crippen LogP contribution in [0.3, 0.4) is 0 Å². The highest BCUT2D eigenvalue weighted by Gasteiger charge is 2.06. The Labute approximate surface area is 172 Å². The minimum Gasteiger partial charge on any atom is -0.491 e. The number of halogens is 1. The molecule has 0 aliphatic rings. The van der Waals surface area contributed by atoms with Crippen LogP contribution in [0.4, 0.5) is 0 Å². The lowest BCUT2D eigenvalue weighted by molar-refractivity contribution is 0.145. The van der Waals surface area contributed by atoms with Crippen LogP contribution in [0.2, 0.25) is 0 Å². The van der Waals surface area contributed by atoms with Crippen molar-refractivity contribution in [3.8, 4) is 5.75 Å². The smallest absolute Gasteiger partial charge is 0.191 e. The first kappa shape index (κ1) is 22.2. The Morgan fingerprint density at radius 2 is 2.12 bits per heavy atom. The van der Waals surface area contributed by atoms with E-state index in [2.05, 4.69) is 39.8 Å². The highest BCUT2D eigenvalue weighted by Crippen LogP contribution is 2.20. The first-order valence-corrected chi connectivity index (χ1v) is 8.36. The second kappa shape index (κ2) is 12.5. The van der Waals surface area contributed by atoms with Gasteiger partial charge in [-0.05, 0) is 24.6 Å².